The first kappa shape index (κ1) is 22.7. The summed E-state index contributed by atoms with van der Waals surface area (Å²) in [5, 5.41) is 9.55. The summed E-state index contributed by atoms with van der Waals surface area (Å²) in [7, 11) is 0. The molecular formula is C23H24IrNO2-. The molecule has 0 spiro atoms. The summed E-state index contributed by atoms with van der Waals surface area (Å²) < 4.78 is 0. The first-order valence-electron chi connectivity index (χ1n) is 8.51. The molecule has 1 heterocycles. The number of aliphatic hydroxyl groups is 1. The van der Waals surface area contributed by atoms with E-state index in [1.165, 1.54) is 36.4 Å². The fourth-order valence-corrected chi connectivity index (χ4v) is 2.81. The molecule has 3 nitrogen and oxygen atoms in total. The van der Waals surface area contributed by atoms with Crippen LogP contribution in [-0.2, 0) is 24.9 Å². The summed E-state index contributed by atoms with van der Waals surface area (Å²) in [4.78, 5) is 14.8. The zero-order valence-electron chi connectivity index (χ0n) is 16.3. The van der Waals surface area contributed by atoms with Crippen molar-refractivity contribution >= 4 is 16.7 Å². The largest absolute Gasteiger partial charge is 0.512 e. The van der Waals surface area contributed by atoms with Gasteiger partial charge in [-0.15, -0.1) is 34.9 Å². The molecule has 1 radical (unpaired) electrons. The standard InChI is InChI=1S/C18H16N.C5H8O2.Ir/c1-12-8-13(2)10-16(9-12)18-14(3)11-15-6-4-5-7-17(15)19-18;1-4(6)3-5(2)7;/h4-9,11H,1-3H3;3,6H,1-2H3;/q-1;;. The molecule has 3 rings (SSSR count). The van der Waals surface area contributed by atoms with Crippen molar-refractivity contribution < 1.29 is 30.0 Å². The summed E-state index contributed by atoms with van der Waals surface area (Å²) in [5.41, 5.74) is 6.76. The number of carbonyl (C=O) groups is 1. The van der Waals surface area contributed by atoms with Crippen LogP contribution in [-0.4, -0.2) is 15.9 Å². The van der Waals surface area contributed by atoms with Crippen LogP contribution in [0.15, 0.2) is 54.3 Å². The van der Waals surface area contributed by atoms with Crippen molar-refractivity contribution in [1.29, 1.82) is 0 Å². The number of aliphatic hydroxyl groups excluding tert-OH is 1. The molecule has 0 aliphatic heterocycles. The van der Waals surface area contributed by atoms with Crippen LogP contribution in [0.25, 0.3) is 22.2 Å². The maximum absolute atomic E-state index is 10.0. The number of para-hydroxylation sites is 1. The second-order valence-corrected chi connectivity index (χ2v) is 6.50. The Morgan fingerprint density at radius 1 is 1.07 bits per heavy atom. The number of allylic oxidation sites excluding steroid dienone is 2. The van der Waals surface area contributed by atoms with Crippen molar-refractivity contribution in [2.24, 2.45) is 0 Å². The predicted octanol–water partition coefficient (Wildman–Crippen LogP) is 5.66. The molecule has 0 fully saturated rings. The average Bonchev–Trinajstić information content (AvgIpc) is 2.52. The molecule has 2 aromatic carbocycles. The number of aryl methyl sites for hydroxylation is 3. The molecule has 0 saturated carbocycles. The molecule has 1 N–H and O–H groups in total. The molecule has 0 bridgehead atoms. The molecular weight excluding hydrogens is 514 g/mol. The number of rotatable bonds is 2. The molecule has 143 valence electrons. The first-order valence-corrected chi connectivity index (χ1v) is 8.51. The maximum atomic E-state index is 10.0. The van der Waals surface area contributed by atoms with Gasteiger partial charge in [-0.2, -0.15) is 0 Å². The van der Waals surface area contributed by atoms with Gasteiger partial charge in [0.2, 0.25) is 0 Å². The second kappa shape index (κ2) is 10.1. The van der Waals surface area contributed by atoms with Crippen LogP contribution in [0.4, 0.5) is 0 Å². The topological polar surface area (TPSA) is 50.2 Å². The van der Waals surface area contributed by atoms with Gasteiger partial charge in [0.25, 0.3) is 0 Å². The summed E-state index contributed by atoms with van der Waals surface area (Å²) in [6, 6.07) is 18.1. The molecule has 27 heavy (non-hydrogen) atoms. The number of benzene rings is 2. The molecule has 3 aromatic rings. The number of hydrogen-bond donors (Lipinski definition) is 1. The van der Waals surface area contributed by atoms with Gasteiger partial charge in [0.1, 0.15) is 0 Å². The molecule has 0 aliphatic rings. The second-order valence-electron chi connectivity index (χ2n) is 6.50. The minimum Gasteiger partial charge on any atom is -0.512 e. The van der Waals surface area contributed by atoms with E-state index in [1.807, 2.05) is 12.1 Å². The zero-order valence-corrected chi connectivity index (χ0v) is 18.6. The van der Waals surface area contributed by atoms with E-state index in [1.54, 1.807) is 0 Å². The van der Waals surface area contributed by atoms with Gasteiger partial charge in [0, 0.05) is 26.2 Å². The number of fused-ring (bicyclic) bond motifs is 1. The molecule has 1 aromatic heterocycles. The Morgan fingerprint density at radius 2 is 1.74 bits per heavy atom. The summed E-state index contributed by atoms with van der Waals surface area (Å²) in [5.74, 6) is -0.0625. The number of ketones is 1. The molecule has 0 unspecified atom stereocenters. The number of nitrogens with zero attached hydrogens (tertiary/aromatic N) is 1. The molecule has 0 atom stereocenters. The van der Waals surface area contributed by atoms with E-state index >= 15 is 0 Å². The van der Waals surface area contributed by atoms with Gasteiger partial charge in [0.05, 0.1) is 11.3 Å². The summed E-state index contributed by atoms with van der Waals surface area (Å²) >= 11 is 0. The van der Waals surface area contributed by atoms with Crippen molar-refractivity contribution in [3.8, 4) is 11.3 Å². The number of hydrogen-bond acceptors (Lipinski definition) is 3. The molecule has 4 heteroatoms. The van der Waals surface area contributed by atoms with Crippen LogP contribution in [0.3, 0.4) is 0 Å². The number of carbonyl (C=O) groups excluding carboxylic acids is 1. The monoisotopic (exact) mass is 539 g/mol. The zero-order chi connectivity index (χ0) is 19.3. The van der Waals surface area contributed by atoms with Crippen LogP contribution in [0.5, 0.6) is 0 Å². The number of aromatic nitrogens is 1. The Balaban J connectivity index is 0.000000395. The third-order valence-corrected chi connectivity index (χ3v) is 3.73. The third-order valence-electron chi connectivity index (χ3n) is 3.73. The SMILES string of the molecule is CC(=O)C=C(C)O.Cc1[c-]c(-c2nc3ccccc3cc2C)cc(C)c1.[Ir]. The van der Waals surface area contributed by atoms with Crippen LogP contribution in [0.1, 0.15) is 30.5 Å². The minimum absolute atomic E-state index is 0. The van der Waals surface area contributed by atoms with E-state index in [0.717, 1.165) is 22.3 Å². The van der Waals surface area contributed by atoms with E-state index in [-0.39, 0.29) is 31.6 Å². The van der Waals surface area contributed by atoms with Gasteiger partial charge in [-0.3, -0.25) is 9.78 Å². The van der Waals surface area contributed by atoms with E-state index < -0.39 is 0 Å². The normalized spacial score (nSPS) is 10.6. The van der Waals surface area contributed by atoms with E-state index in [9.17, 15) is 4.79 Å². The van der Waals surface area contributed by atoms with Crippen molar-refractivity contribution in [2.45, 2.75) is 34.6 Å². The van der Waals surface area contributed by atoms with Crippen molar-refractivity contribution in [1.82, 2.24) is 4.98 Å². The first-order chi connectivity index (χ1) is 12.3. The predicted molar refractivity (Wildman–Crippen MR) is 107 cm³/mol. The van der Waals surface area contributed by atoms with Gasteiger partial charge >= 0.3 is 0 Å². The van der Waals surface area contributed by atoms with E-state index in [2.05, 4.69) is 57.2 Å². The van der Waals surface area contributed by atoms with Crippen molar-refractivity contribution in [3.63, 3.8) is 0 Å². The fraction of sp³-hybridized carbons (Fsp3) is 0.217. The summed E-state index contributed by atoms with van der Waals surface area (Å²) in [6.07, 6.45) is 1.17. The fourth-order valence-electron chi connectivity index (χ4n) is 2.81. The van der Waals surface area contributed by atoms with Gasteiger partial charge in [-0.1, -0.05) is 43.7 Å². The summed E-state index contributed by atoms with van der Waals surface area (Å²) in [6.45, 7) is 9.15. The van der Waals surface area contributed by atoms with E-state index in [4.69, 9.17) is 10.1 Å². The Kier molecular flexibility index (Phi) is 8.55. The smallest absolute Gasteiger partial charge is 0.155 e. The number of pyridine rings is 1. The Hall–Kier alpha value is -2.29. The van der Waals surface area contributed by atoms with E-state index in [0.29, 0.717) is 0 Å². The average molecular weight is 539 g/mol. The minimum atomic E-state index is -0.125. The van der Waals surface area contributed by atoms with Crippen LogP contribution in [0.2, 0.25) is 0 Å². The van der Waals surface area contributed by atoms with Crippen molar-refractivity contribution in [2.75, 3.05) is 0 Å². The Labute approximate surface area is 174 Å². The van der Waals surface area contributed by atoms with Crippen molar-refractivity contribution in [3.05, 3.63) is 77.1 Å². The van der Waals surface area contributed by atoms with Gasteiger partial charge in [-0.05, 0) is 37.9 Å². The molecule has 0 saturated heterocycles. The quantitative estimate of drug-likeness (QED) is 0.260. The van der Waals surface area contributed by atoms with Gasteiger partial charge in [-0.25, -0.2) is 0 Å². The van der Waals surface area contributed by atoms with Crippen LogP contribution < -0.4 is 0 Å². The Morgan fingerprint density at radius 3 is 2.30 bits per heavy atom. The maximum Gasteiger partial charge on any atom is 0.155 e. The molecule has 0 aliphatic carbocycles. The Bertz CT molecular complexity index is 953. The third kappa shape index (κ3) is 6.74. The van der Waals surface area contributed by atoms with Crippen LogP contribution >= 0.6 is 0 Å². The molecule has 0 amide bonds. The van der Waals surface area contributed by atoms with Gasteiger partial charge in [0.15, 0.2) is 5.78 Å². The van der Waals surface area contributed by atoms with Crippen LogP contribution in [0, 0.1) is 26.8 Å². The van der Waals surface area contributed by atoms with Gasteiger partial charge < -0.3 is 5.11 Å².